The highest BCUT2D eigenvalue weighted by Crippen LogP contribution is 2.35. The molecule has 1 saturated carbocycles. The van der Waals surface area contributed by atoms with Crippen LogP contribution in [0.5, 0.6) is 0 Å². The summed E-state index contributed by atoms with van der Waals surface area (Å²) in [4.78, 5) is 12.3. The van der Waals surface area contributed by atoms with E-state index in [0.717, 1.165) is 13.0 Å². The summed E-state index contributed by atoms with van der Waals surface area (Å²) in [5.41, 5.74) is 0.265. The third-order valence-electron chi connectivity index (χ3n) is 2.75. The van der Waals surface area contributed by atoms with Gasteiger partial charge in [-0.2, -0.15) is 0 Å². The first-order chi connectivity index (χ1) is 5.21. The number of nitrogens with zero attached hydrogens (tertiary/aromatic N) is 1. The van der Waals surface area contributed by atoms with Gasteiger partial charge in [0.15, 0.2) is 0 Å². The average Bonchev–Trinajstić information content (AvgIpc) is 1.85. The number of hydrogen-bond donors (Lipinski definition) is 1. The third kappa shape index (κ3) is 1.53. The molecule has 0 aromatic rings. The molecule has 1 fully saturated rings. The SMILES string of the molecule is CN(C)C1(CNC=O)CCC1. The van der Waals surface area contributed by atoms with Crippen molar-refractivity contribution in [1.82, 2.24) is 10.2 Å². The standard InChI is InChI=1S/C8H16N2O/c1-10(2)8(4-3-5-8)6-9-7-11/h7H,3-6H2,1-2H3,(H,9,11). The number of hydrogen-bond acceptors (Lipinski definition) is 2. The summed E-state index contributed by atoms with van der Waals surface area (Å²) in [6.45, 7) is 0.795. The second-order valence-corrected chi connectivity index (χ2v) is 3.47. The van der Waals surface area contributed by atoms with Gasteiger partial charge in [-0.1, -0.05) is 0 Å². The lowest BCUT2D eigenvalue weighted by Crippen LogP contribution is -2.56. The molecule has 3 heteroatoms. The van der Waals surface area contributed by atoms with Crippen molar-refractivity contribution < 1.29 is 4.79 Å². The Morgan fingerprint density at radius 3 is 2.45 bits per heavy atom. The molecule has 0 bridgehead atoms. The summed E-state index contributed by atoms with van der Waals surface area (Å²) in [5, 5.41) is 2.75. The van der Waals surface area contributed by atoms with Gasteiger partial charge < -0.3 is 10.2 Å². The minimum atomic E-state index is 0.265. The first-order valence-corrected chi connectivity index (χ1v) is 4.06. The highest BCUT2D eigenvalue weighted by molar-refractivity contribution is 5.46. The van der Waals surface area contributed by atoms with Gasteiger partial charge in [-0.05, 0) is 33.4 Å². The Kier molecular flexibility index (Phi) is 2.49. The zero-order chi connectivity index (χ0) is 8.32. The summed E-state index contributed by atoms with van der Waals surface area (Å²) in [5.74, 6) is 0. The second kappa shape index (κ2) is 3.22. The van der Waals surface area contributed by atoms with Crippen molar-refractivity contribution in [3.63, 3.8) is 0 Å². The fraction of sp³-hybridized carbons (Fsp3) is 0.875. The van der Waals surface area contributed by atoms with Crippen LogP contribution >= 0.6 is 0 Å². The molecule has 3 nitrogen and oxygen atoms in total. The van der Waals surface area contributed by atoms with E-state index in [1.807, 2.05) is 0 Å². The molecule has 0 unspecified atom stereocenters. The van der Waals surface area contributed by atoms with Gasteiger partial charge in [0.25, 0.3) is 0 Å². The normalized spacial score (nSPS) is 21.0. The van der Waals surface area contributed by atoms with Crippen molar-refractivity contribution in [2.75, 3.05) is 20.6 Å². The predicted octanol–water partition coefficient (Wildman–Crippen LogP) is 0.217. The van der Waals surface area contributed by atoms with E-state index in [1.165, 1.54) is 19.3 Å². The minimum absolute atomic E-state index is 0.265. The zero-order valence-electron chi connectivity index (χ0n) is 7.26. The van der Waals surface area contributed by atoms with Crippen LogP contribution in [0.1, 0.15) is 19.3 Å². The molecule has 1 rings (SSSR count). The second-order valence-electron chi connectivity index (χ2n) is 3.47. The van der Waals surface area contributed by atoms with E-state index in [2.05, 4.69) is 24.3 Å². The topological polar surface area (TPSA) is 32.3 Å². The summed E-state index contributed by atoms with van der Waals surface area (Å²) in [7, 11) is 4.15. The smallest absolute Gasteiger partial charge is 0.207 e. The molecule has 64 valence electrons. The van der Waals surface area contributed by atoms with Crippen molar-refractivity contribution in [2.45, 2.75) is 24.8 Å². The molecular weight excluding hydrogens is 140 g/mol. The molecule has 1 amide bonds. The molecule has 1 aliphatic carbocycles. The number of carbonyl (C=O) groups is 1. The molecule has 0 aliphatic heterocycles. The third-order valence-corrected chi connectivity index (χ3v) is 2.75. The lowest BCUT2D eigenvalue weighted by molar-refractivity contribution is -0.110. The minimum Gasteiger partial charge on any atom is -0.357 e. The summed E-state index contributed by atoms with van der Waals surface area (Å²) >= 11 is 0. The molecule has 0 aromatic heterocycles. The fourth-order valence-electron chi connectivity index (χ4n) is 1.60. The number of rotatable bonds is 4. The molecule has 1 N–H and O–H groups in total. The Balaban J connectivity index is 2.40. The molecule has 0 radical (unpaired) electrons. The van der Waals surface area contributed by atoms with Crippen LogP contribution in [0.25, 0.3) is 0 Å². The largest absolute Gasteiger partial charge is 0.357 e. The lowest BCUT2D eigenvalue weighted by atomic mass is 9.76. The van der Waals surface area contributed by atoms with E-state index in [0.29, 0.717) is 0 Å². The van der Waals surface area contributed by atoms with Crippen LogP contribution in [0.4, 0.5) is 0 Å². The average molecular weight is 156 g/mol. The Labute approximate surface area is 67.8 Å². The maximum absolute atomic E-state index is 10.1. The van der Waals surface area contributed by atoms with Gasteiger partial charge in [0, 0.05) is 12.1 Å². The molecule has 1 aliphatic rings. The summed E-state index contributed by atoms with van der Waals surface area (Å²) in [6, 6.07) is 0. The van der Waals surface area contributed by atoms with E-state index in [-0.39, 0.29) is 5.54 Å². The van der Waals surface area contributed by atoms with E-state index in [9.17, 15) is 4.79 Å². The Bertz CT molecular complexity index is 141. The van der Waals surface area contributed by atoms with Crippen molar-refractivity contribution >= 4 is 6.41 Å². The van der Waals surface area contributed by atoms with Gasteiger partial charge in [0.05, 0.1) is 0 Å². The number of amides is 1. The van der Waals surface area contributed by atoms with Gasteiger partial charge in [-0.15, -0.1) is 0 Å². The molecule has 11 heavy (non-hydrogen) atoms. The van der Waals surface area contributed by atoms with Crippen molar-refractivity contribution in [3.05, 3.63) is 0 Å². The maximum Gasteiger partial charge on any atom is 0.207 e. The van der Waals surface area contributed by atoms with Gasteiger partial charge in [-0.25, -0.2) is 0 Å². The molecular formula is C8H16N2O. The van der Waals surface area contributed by atoms with Crippen LogP contribution in [-0.2, 0) is 4.79 Å². The molecule has 0 heterocycles. The van der Waals surface area contributed by atoms with Gasteiger partial charge in [-0.3, -0.25) is 4.79 Å². The molecule has 0 aromatic carbocycles. The van der Waals surface area contributed by atoms with E-state index in [1.54, 1.807) is 0 Å². The maximum atomic E-state index is 10.1. The Morgan fingerprint density at radius 2 is 2.18 bits per heavy atom. The van der Waals surface area contributed by atoms with Crippen LogP contribution in [0.15, 0.2) is 0 Å². The lowest BCUT2D eigenvalue weighted by Gasteiger charge is -2.47. The zero-order valence-corrected chi connectivity index (χ0v) is 7.26. The van der Waals surface area contributed by atoms with Crippen molar-refractivity contribution in [2.24, 2.45) is 0 Å². The number of nitrogens with one attached hydrogen (secondary N) is 1. The van der Waals surface area contributed by atoms with Gasteiger partial charge >= 0.3 is 0 Å². The van der Waals surface area contributed by atoms with Gasteiger partial charge in [0.1, 0.15) is 0 Å². The first-order valence-electron chi connectivity index (χ1n) is 4.06. The highest BCUT2D eigenvalue weighted by atomic mass is 16.1. The Morgan fingerprint density at radius 1 is 1.55 bits per heavy atom. The van der Waals surface area contributed by atoms with E-state index in [4.69, 9.17) is 0 Å². The summed E-state index contributed by atoms with van der Waals surface area (Å²) in [6.07, 6.45) is 4.49. The van der Waals surface area contributed by atoms with Gasteiger partial charge in [0.2, 0.25) is 6.41 Å². The van der Waals surface area contributed by atoms with Crippen LogP contribution in [0.2, 0.25) is 0 Å². The molecule has 0 saturated heterocycles. The monoisotopic (exact) mass is 156 g/mol. The van der Waals surface area contributed by atoms with E-state index < -0.39 is 0 Å². The van der Waals surface area contributed by atoms with Crippen LogP contribution < -0.4 is 5.32 Å². The number of likely N-dealkylation sites (N-methyl/N-ethyl adjacent to an activating group) is 1. The van der Waals surface area contributed by atoms with Crippen molar-refractivity contribution in [3.8, 4) is 0 Å². The number of carbonyl (C=O) groups excluding carboxylic acids is 1. The summed E-state index contributed by atoms with van der Waals surface area (Å²) < 4.78 is 0. The highest BCUT2D eigenvalue weighted by Gasteiger charge is 2.38. The van der Waals surface area contributed by atoms with E-state index >= 15 is 0 Å². The fourth-order valence-corrected chi connectivity index (χ4v) is 1.60. The Hall–Kier alpha value is -0.570. The first kappa shape index (κ1) is 8.53. The van der Waals surface area contributed by atoms with Crippen LogP contribution in [0, 0.1) is 0 Å². The van der Waals surface area contributed by atoms with Crippen LogP contribution in [0.3, 0.4) is 0 Å². The van der Waals surface area contributed by atoms with Crippen LogP contribution in [-0.4, -0.2) is 37.5 Å². The molecule has 0 atom stereocenters. The molecule has 0 spiro atoms. The quantitative estimate of drug-likeness (QED) is 0.590. The van der Waals surface area contributed by atoms with Crippen molar-refractivity contribution in [1.29, 1.82) is 0 Å². The predicted molar refractivity (Wildman–Crippen MR) is 44.3 cm³/mol.